The number of aliphatic imine (C=N–C) groups is 1. The zero-order valence-electron chi connectivity index (χ0n) is 15.0. The second-order valence-electron chi connectivity index (χ2n) is 6.88. The molecule has 1 aliphatic heterocycles. The SMILES string of the molecule is O=C1CCCC2=C1C(c1ccc(O)cc1)N=C(Nc1nc3ccccc3o1)N2. The molecule has 0 bridgehead atoms. The molecule has 7 heteroatoms. The van der Waals surface area contributed by atoms with Gasteiger partial charge in [0.1, 0.15) is 17.3 Å². The fourth-order valence-electron chi connectivity index (χ4n) is 3.67. The monoisotopic (exact) mass is 374 g/mol. The molecular weight excluding hydrogens is 356 g/mol. The van der Waals surface area contributed by atoms with Gasteiger partial charge in [0.05, 0.1) is 0 Å². The van der Waals surface area contributed by atoms with Crippen LogP contribution in [0.2, 0.25) is 0 Å². The number of carbonyl (C=O) groups excluding carboxylic acids is 1. The Hall–Kier alpha value is -3.61. The largest absolute Gasteiger partial charge is 0.508 e. The predicted octanol–water partition coefficient (Wildman–Crippen LogP) is 3.65. The van der Waals surface area contributed by atoms with Crippen LogP contribution in [-0.2, 0) is 4.79 Å². The fraction of sp³-hybridized carbons (Fsp3) is 0.190. The summed E-state index contributed by atoms with van der Waals surface area (Å²) in [7, 11) is 0. The highest BCUT2D eigenvalue weighted by Crippen LogP contribution is 2.36. The lowest BCUT2D eigenvalue weighted by atomic mass is 9.86. The number of nitrogens with one attached hydrogen (secondary N) is 2. The minimum atomic E-state index is -0.434. The van der Waals surface area contributed by atoms with Crippen molar-refractivity contribution in [2.45, 2.75) is 25.3 Å². The molecule has 1 atom stereocenters. The van der Waals surface area contributed by atoms with Crippen molar-refractivity contribution in [2.75, 3.05) is 5.32 Å². The number of phenolic OH excluding ortho intramolecular Hbond substituents is 1. The third-order valence-electron chi connectivity index (χ3n) is 4.99. The minimum absolute atomic E-state index is 0.108. The van der Waals surface area contributed by atoms with E-state index >= 15 is 0 Å². The Morgan fingerprint density at radius 2 is 1.93 bits per heavy atom. The Bertz CT molecular complexity index is 1100. The number of Topliss-reactive ketones (excluding diaryl/α,β-unsaturated/α-hetero) is 1. The number of phenols is 1. The molecule has 1 unspecified atom stereocenters. The lowest BCUT2D eigenvalue weighted by Crippen LogP contribution is -2.38. The number of hydrogen-bond acceptors (Lipinski definition) is 7. The smallest absolute Gasteiger partial charge is 0.302 e. The molecule has 140 valence electrons. The first kappa shape index (κ1) is 16.6. The number of ketones is 1. The van der Waals surface area contributed by atoms with E-state index < -0.39 is 6.04 Å². The summed E-state index contributed by atoms with van der Waals surface area (Å²) in [4.78, 5) is 21.7. The summed E-state index contributed by atoms with van der Waals surface area (Å²) in [5.74, 6) is 0.769. The van der Waals surface area contributed by atoms with Crippen molar-refractivity contribution in [1.82, 2.24) is 10.3 Å². The lowest BCUT2D eigenvalue weighted by Gasteiger charge is -2.30. The number of allylic oxidation sites excluding steroid dienone is 1. The number of guanidine groups is 1. The van der Waals surface area contributed by atoms with Crippen molar-refractivity contribution < 1.29 is 14.3 Å². The van der Waals surface area contributed by atoms with E-state index in [2.05, 4.69) is 15.6 Å². The van der Waals surface area contributed by atoms with Crippen LogP contribution in [0.4, 0.5) is 6.01 Å². The van der Waals surface area contributed by atoms with Gasteiger partial charge in [-0.2, -0.15) is 4.98 Å². The Morgan fingerprint density at radius 1 is 1.11 bits per heavy atom. The van der Waals surface area contributed by atoms with Gasteiger partial charge in [-0.1, -0.05) is 24.3 Å². The number of aromatic hydroxyl groups is 1. The van der Waals surface area contributed by atoms with Crippen molar-refractivity contribution in [2.24, 2.45) is 4.99 Å². The molecule has 0 amide bonds. The minimum Gasteiger partial charge on any atom is -0.508 e. The summed E-state index contributed by atoms with van der Waals surface area (Å²) in [5.41, 5.74) is 3.86. The lowest BCUT2D eigenvalue weighted by molar-refractivity contribution is -0.116. The molecule has 3 N–H and O–H groups in total. The van der Waals surface area contributed by atoms with Gasteiger partial charge in [-0.3, -0.25) is 10.1 Å². The molecule has 0 saturated carbocycles. The van der Waals surface area contributed by atoms with Crippen molar-refractivity contribution in [3.8, 4) is 5.75 Å². The molecule has 1 aromatic heterocycles. The van der Waals surface area contributed by atoms with Crippen molar-refractivity contribution in [1.29, 1.82) is 0 Å². The van der Waals surface area contributed by atoms with E-state index in [0.717, 1.165) is 29.6 Å². The van der Waals surface area contributed by atoms with Gasteiger partial charge in [0.2, 0.25) is 5.96 Å². The molecule has 2 aromatic carbocycles. The number of aromatic nitrogens is 1. The number of para-hydroxylation sites is 2. The molecule has 5 rings (SSSR count). The molecule has 0 saturated heterocycles. The summed E-state index contributed by atoms with van der Waals surface area (Å²) in [6.07, 6.45) is 2.12. The molecule has 28 heavy (non-hydrogen) atoms. The third kappa shape index (κ3) is 2.90. The van der Waals surface area contributed by atoms with E-state index in [1.54, 1.807) is 24.3 Å². The molecule has 0 radical (unpaired) electrons. The highest BCUT2D eigenvalue weighted by atomic mass is 16.4. The third-order valence-corrected chi connectivity index (χ3v) is 4.99. The summed E-state index contributed by atoms with van der Waals surface area (Å²) in [6, 6.07) is 14.2. The van der Waals surface area contributed by atoms with Crippen LogP contribution in [-0.4, -0.2) is 21.8 Å². The number of anilines is 1. The van der Waals surface area contributed by atoms with Gasteiger partial charge in [-0.05, 0) is 42.7 Å². The predicted molar refractivity (Wildman–Crippen MR) is 105 cm³/mol. The first-order valence-corrected chi connectivity index (χ1v) is 9.20. The van der Waals surface area contributed by atoms with Crippen molar-refractivity contribution in [3.05, 3.63) is 65.4 Å². The topological polar surface area (TPSA) is 99.8 Å². The summed E-state index contributed by atoms with van der Waals surface area (Å²) in [6.45, 7) is 0. The number of hydrogen-bond donors (Lipinski definition) is 3. The highest BCUT2D eigenvalue weighted by molar-refractivity contribution is 6.03. The standard InChI is InChI=1S/C21H18N4O3/c26-13-10-8-12(9-11-13)19-18-15(5-3-6-16(18)27)22-20(24-19)25-21-23-14-4-1-2-7-17(14)28-21/h1-2,4,7-11,19,26H,3,5-6H2,(H2,22,23,24,25). The second kappa shape index (κ2) is 6.53. The van der Waals surface area contributed by atoms with Crippen molar-refractivity contribution in [3.63, 3.8) is 0 Å². The maximum atomic E-state index is 12.6. The van der Waals surface area contributed by atoms with E-state index in [9.17, 15) is 9.90 Å². The first-order valence-electron chi connectivity index (χ1n) is 9.20. The van der Waals surface area contributed by atoms with E-state index in [4.69, 9.17) is 9.41 Å². The molecule has 0 fully saturated rings. The maximum Gasteiger partial charge on any atom is 0.302 e. The fourth-order valence-corrected chi connectivity index (χ4v) is 3.67. The number of oxazole rings is 1. The summed E-state index contributed by atoms with van der Waals surface area (Å²) in [5, 5.41) is 15.9. The summed E-state index contributed by atoms with van der Waals surface area (Å²) < 4.78 is 5.73. The van der Waals surface area contributed by atoms with Gasteiger partial charge in [0.15, 0.2) is 11.4 Å². The Kier molecular flexibility index (Phi) is 3.86. The van der Waals surface area contributed by atoms with Gasteiger partial charge in [0.25, 0.3) is 0 Å². The summed E-state index contributed by atoms with van der Waals surface area (Å²) >= 11 is 0. The zero-order chi connectivity index (χ0) is 19.1. The van der Waals surface area contributed by atoms with Gasteiger partial charge in [-0.25, -0.2) is 4.99 Å². The number of benzene rings is 2. The van der Waals surface area contributed by atoms with E-state index in [1.165, 1.54) is 0 Å². The quantitative estimate of drug-likeness (QED) is 0.633. The van der Waals surface area contributed by atoms with Gasteiger partial charge >= 0.3 is 6.01 Å². The zero-order valence-corrected chi connectivity index (χ0v) is 15.0. The normalized spacial score (nSPS) is 19.2. The van der Waals surface area contributed by atoms with E-state index in [1.807, 2.05) is 24.3 Å². The number of rotatable bonds is 2. The van der Waals surface area contributed by atoms with Crippen LogP contribution in [0.5, 0.6) is 5.75 Å². The number of carbonyl (C=O) groups is 1. The van der Waals surface area contributed by atoms with E-state index in [-0.39, 0.29) is 11.5 Å². The molecule has 0 spiro atoms. The van der Waals surface area contributed by atoms with Crippen LogP contribution >= 0.6 is 0 Å². The van der Waals surface area contributed by atoms with E-state index in [0.29, 0.717) is 29.6 Å². The Morgan fingerprint density at radius 3 is 2.75 bits per heavy atom. The molecular formula is C21H18N4O3. The van der Waals surface area contributed by atoms with Crippen molar-refractivity contribution >= 4 is 28.9 Å². The molecule has 2 heterocycles. The van der Waals surface area contributed by atoms with Gasteiger partial charge in [0, 0.05) is 17.7 Å². The number of fused-ring (bicyclic) bond motifs is 1. The molecule has 1 aliphatic carbocycles. The second-order valence-corrected chi connectivity index (χ2v) is 6.88. The first-order chi connectivity index (χ1) is 13.7. The van der Waals surface area contributed by atoms with Crippen LogP contribution in [0.3, 0.4) is 0 Å². The average molecular weight is 374 g/mol. The molecule has 3 aromatic rings. The Labute approximate surface area is 160 Å². The molecule has 7 nitrogen and oxygen atoms in total. The van der Waals surface area contributed by atoms with Crippen LogP contribution < -0.4 is 10.6 Å². The van der Waals surface area contributed by atoms with Gasteiger partial charge < -0.3 is 14.8 Å². The van der Waals surface area contributed by atoms with Crippen LogP contribution in [0.15, 0.2) is 69.2 Å². The maximum absolute atomic E-state index is 12.6. The number of nitrogens with zero attached hydrogens (tertiary/aromatic N) is 2. The average Bonchev–Trinajstić information content (AvgIpc) is 3.10. The van der Waals surface area contributed by atoms with Gasteiger partial charge in [-0.15, -0.1) is 0 Å². The van der Waals surface area contributed by atoms with Crippen LogP contribution in [0, 0.1) is 0 Å². The highest BCUT2D eigenvalue weighted by Gasteiger charge is 2.33. The van der Waals surface area contributed by atoms with Crippen LogP contribution in [0.1, 0.15) is 30.9 Å². The van der Waals surface area contributed by atoms with Crippen LogP contribution in [0.25, 0.3) is 11.1 Å². The molecule has 2 aliphatic rings. The Balaban J connectivity index is 1.52.